The number of phenolic OH excluding ortho intramolecular Hbond substituents is 2. The lowest BCUT2D eigenvalue weighted by Crippen LogP contribution is -2.01. The van der Waals surface area contributed by atoms with Gasteiger partial charge in [-0.1, -0.05) is 64.5 Å². The Kier molecular flexibility index (Phi) is 7.69. The number of carbonyl (C=O) groups excluding carboxylic acids is 2. The largest absolute Gasteiger partial charge is 0.507 e. The molecule has 33 heavy (non-hydrogen) atoms. The maximum Gasteiger partial charge on any atom is 0.341 e. The molecular formula is C26H21BrO6. The van der Waals surface area contributed by atoms with Gasteiger partial charge < -0.3 is 19.7 Å². The number of phenols is 2. The molecule has 0 heterocycles. The molecule has 0 saturated carbocycles. The highest BCUT2D eigenvalue weighted by Gasteiger charge is 2.12. The fraction of sp³-hybridized carbons (Fsp3) is 0.0769. The van der Waals surface area contributed by atoms with Crippen molar-refractivity contribution in [1.82, 2.24) is 0 Å². The molecule has 3 aromatic rings. The first-order chi connectivity index (χ1) is 15.8. The lowest BCUT2D eigenvalue weighted by Gasteiger charge is -2.05. The van der Waals surface area contributed by atoms with Crippen molar-refractivity contribution < 1.29 is 29.3 Å². The van der Waals surface area contributed by atoms with Gasteiger partial charge >= 0.3 is 11.9 Å². The summed E-state index contributed by atoms with van der Waals surface area (Å²) in [5.41, 5.74) is 3.51. The first-order valence-electron chi connectivity index (χ1n) is 9.80. The zero-order valence-electron chi connectivity index (χ0n) is 17.9. The van der Waals surface area contributed by atoms with Gasteiger partial charge in [0.15, 0.2) is 0 Å². The molecule has 0 aliphatic rings. The second-order valence-corrected chi connectivity index (χ2v) is 7.84. The topological polar surface area (TPSA) is 93.1 Å². The molecule has 0 saturated heterocycles. The van der Waals surface area contributed by atoms with Crippen molar-refractivity contribution in [3.63, 3.8) is 0 Å². The highest BCUT2D eigenvalue weighted by atomic mass is 79.9. The van der Waals surface area contributed by atoms with Gasteiger partial charge in [0.05, 0.1) is 14.2 Å². The SMILES string of the molecule is COC(=O)c1cc(/C=C\c2ccc(/C=C\c3ccc(O)c(C(=O)OC)c3)c(Br)c2)ccc1O. The molecule has 2 N–H and O–H groups in total. The fourth-order valence-electron chi connectivity index (χ4n) is 3.02. The highest BCUT2D eigenvalue weighted by molar-refractivity contribution is 9.10. The third-order valence-corrected chi connectivity index (χ3v) is 5.49. The Hall–Kier alpha value is -3.84. The number of aromatic hydroxyl groups is 2. The molecule has 0 amide bonds. The standard InChI is InChI=1S/C26H21BrO6/c1-32-25(30)20-13-16(7-11-23(20)28)3-4-18-6-10-19(22(27)15-18)9-5-17-8-12-24(29)21(14-17)26(31)33-2/h3-15,28-29H,1-2H3/b4-3-,9-5-. The summed E-state index contributed by atoms with van der Waals surface area (Å²) >= 11 is 3.56. The van der Waals surface area contributed by atoms with E-state index >= 15 is 0 Å². The van der Waals surface area contributed by atoms with Gasteiger partial charge in [0.25, 0.3) is 0 Å². The number of carbonyl (C=O) groups is 2. The van der Waals surface area contributed by atoms with Crippen LogP contribution in [-0.4, -0.2) is 36.4 Å². The van der Waals surface area contributed by atoms with Gasteiger partial charge in [0.1, 0.15) is 22.6 Å². The Bertz CT molecular complexity index is 1260. The van der Waals surface area contributed by atoms with Crippen LogP contribution in [0.1, 0.15) is 43.0 Å². The van der Waals surface area contributed by atoms with Crippen LogP contribution < -0.4 is 0 Å². The molecule has 0 atom stereocenters. The third kappa shape index (κ3) is 5.90. The van der Waals surface area contributed by atoms with Gasteiger partial charge in [-0.05, 0) is 52.6 Å². The minimum atomic E-state index is -0.604. The molecule has 7 heteroatoms. The highest BCUT2D eigenvalue weighted by Crippen LogP contribution is 2.25. The molecule has 0 aliphatic carbocycles. The number of rotatable bonds is 6. The summed E-state index contributed by atoms with van der Waals surface area (Å²) in [6.07, 6.45) is 7.42. The second-order valence-electron chi connectivity index (χ2n) is 6.98. The summed E-state index contributed by atoms with van der Waals surface area (Å²) in [5.74, 6) is -1.48. The predicted molar refractivity (Wildman–Crippen MR) is 131 cm³/mol. The molecule has 0 fully saturated rings. The van der Waals surface area contributed by atoms with Crippen LogP contribution in [0.15, 0.2) is 59.1 Å². The minimum Gasteiger partial charge on any atom is -0.507 e. The molecule has 3 rings (SSSR count). The first-order valence-corrected chi connectivity index (χ1v) is 10.6. The summed E-state index contributed by atoms with van der Waals surface area (Å²) in [5, 5.41) is 19.6. The average molecular weight is 509 g/mol. The lowest BCUT2D eigenvalue weighted by molar-refractivity contribution is 0.0588. The summed E-state index contributed by atoms with van der Waals surface area (Å²) in [6, 6.07) is 15.2. The maximum absolute atomic E-state index is 11.7. The van der Waals surface area contributed by atoms with Crippen LogP contribution in [0.2, 0.25) is 0 Å². The Balaban J connectivity index is 1.78. The second kappa shape index (κ2) is 10.7. The Morgan fingerprint density at radius 1 is 0.697 bits per heavy atom. The lowest BCUT2D eigenvalue weighted by atomic mass is 10.1. The molecule has 3 aromatic carbocycles. The van der Waals surface area contributed by atoms with Crippen molar-refractivity contribution in [3.8, 4) is 11.5 Å². The number of ether oxygens (including phenoxy) is 2. The molecule has 0 aromatic heterocycles. The molecule has 0 aliphatic heterocycles. The van der Waals surface area contributed by atoms with Crippen molar-refractivity contribution in [1.29, 1.82) is 0 Å². The molecule has 0 bridgehead atoms. The first kappa shape index (κ1) is 23.8. The molecule has 6 nitrogen and oxygen atoms in total. The summed E-state index contributed by atoms with van der Waals surface area (Å²) < 4.78 is 10.2. The van der Waals surface area contributed by atoms with Gasteiger partial charge in [-0.3, -0.25) is 0 Å². The Labute approximate surface area is 199 Å². The van der Waals surface area contributed by atoms with Gasteiger partial charge in [-0.15, -0.1) is 0 Å². The summed E-state index contributed by atoms with van der Waals surface area (Å²) in [7, 11) is 2.52. The van der Waals surface area contributed by atoms with E-state index in [9.17, 15) is 19.8 Å². The molecule has 0 unspecified atom stereocenters. The van der Waals surface area contributed by atoms with Crippen molar-refractivity contribution in [2.75, 3.05) is 14.2 Å². The van der Waals surface area contributed by atoms with Crippen LogP contribution in [0.3, 0.4) is 0 Å². The van der Waals surface area contributed by atoms with E-state index in [4.69, 9.17) is 0 Å². The third-order valence-electron chi connectivity index (χ3n) is 4.80. The van der Waals surface area contributed by atoms with Crippen LogP contribution in [-0.2, 0) is 9.47 Å². The van der Waals surface area contributed by atoms with E-state index in [-0.39, 0.29) is 22.6 Å². The van der Waals surface area contributed by atoms with Crippen molar-refractivity contribution in [2.45, 2.75) is 0 Å². The van der Waals surface area contributed by atoms with E-state index in [1.165, 1.54) is 26.4 Å². The molecular weight excluding hydrogens is 488 g/mol. The number of hydrogen-bond donors (Lipinski definition) is 2. The van der Waals surface area contributed by atoms with Crippen molar-refractivity contribution >= 4 is 52.2 Å². The summed E-state index contributed by atoms with van der Waals surface area (Å²) in [6.45, 7) is 0. The zero-order valence-corrected chi connectivity index (χ0v) is 19.5. The average Bonchev–Trinajstić information content (AvgIpc) is 2.82. The van der Waals surface area contributed by atoms with E-state index in [0.29, 0.717) is 0 Å². The molecule has 168 valence electrons. The van der Waals surface area contributed by atoms with Crippen LogP contribution in [0, 0.1) is 0 Å². The smallest absolute Gasteiger partial charge is 0.341 e. The van der Waals surface area contributed by atoms with E-state index < -0.39 is 11.9 Å². The van der Waals surface area contributed by atoms with Gasteiger partial charge in [-0.25, -0.2) is 9.59 Å². The normalized spacial score (nSPS) is 11.1. The van der Waals surface area contributed by atoms with Crippen LogP contribution in [0.25, 0.3) is 24.3 Å². The van der Waals surface area contributed by atoms with Crippen LogP contribution >= 0.6 is 15.9 Å². The van der Waals surface area contributed by atoms with Gasteiger partial charge in [0, 0.05) is 4.47 Å². The fourth-order valence-corrected chi connectivity index (χ4v) is 3.55. The van der Waals surface area contributed by atoms with E-state index in [1.54, 1.807) is 24.3 Å². The van der Waals surface area contributed by atoms with Gasteiger partial charge in [0.2, 0.25) is 0 Å². The van der Waals surface area contributed by atoms with Crippen molar-refractivity contribution in [3.05, 3.63) is 92.5 Å². The van der Waals surface area contributed by atoms with Crippen molar-refractivity contribution in [2.24, 2.45) is 0 Å². The summed E-state index contributed by atoms with van der Waals surface area (Å²) in [4.78, 5) is 23.5. The van der Waals surface area contributed by atoms with E-state index in [1.807, 2.05) is 42.5 Å². The number of benzene rings is 3. The van der Waals surface area contributed by atoms with Crippen LogP contribution in [0.4, 0.5) is 0 Å². The quantitative estimate of drug-likeness (QED) is 0.324. The predicted octanol–water partition coefficient (Wildman–Crippen LogP) is 5.77. The van der Waals surface area contributed by atoms with Crippen LogP contribution in [0.5, 0.6) is 11.5 Å². The van der Waals surface area contributed by atoms with E-state index in [2.05, 4.69) is 25.4 Å². The number of halogens is 1. The molecule has 0 radical (unpaired) electrons. The molecule has 0 spiro atoms. The van der Waals surface area contributed by atoms with E-state index in [0.717, 1.165) is 26.7 Å². The number of hydrogen-bond acceptors (Lipinski definition) is 6. The maximum atomic E-state index is 11.7. The zero-order chi connectivity index (χ0) is 24.0. The number of esters is 2. The van der Waals surface area contributed by atoms with Gasteiger partial charge in [-0.2, -0.15) is 0 Å². The minimum absolute atomic E-state index is 0.101. The Morgan fingerprint density at radius 2 is 1.12 bits per heavy atom. The number of methoxy groups -OCH3 is 2. The Morgan fingerprint density at radius 3 is 1.58 bits per heavy atom. The monoisotopic (exact) mass is 508 g/mol.